The van der Waals surface area contributed by atoms with Gasteiger partial charge in [0.05, 0.1) is 0 Å². The molecule has 0 radical (unpaired) electrons. The minimum atomic E-state index is -0.120. The van der Waals surface area contributed by atoms with Crippen LogP contribution in [0.15, 0.2) is 48.7 Å². The molecule has 142 valence electrons. The molecule has 1 N–H and O–H groups in total. The van der Waals surface area contributed by atoms with Gasteiger partial charge >= 0.3 is 0 Å². The van der Waals surface area contributed by atoms with Gasteiger partial charge in [-0.15, -0.1) is 10.2 Å². The van der Waals surface area contributed by atoms with Crippen molar-refractivity contribution >= 4 is 11.5 Å². The predicted molar refractivity (Wildman–Crippen MR) is 108 cm³/mol. The number of hydrogen-bond acceptors (Lipinski definition) is 4. The summed E-state index contributed by atoms with van der Waals surface area (Å²) in [5.41, 5.74) is 8.53. The van der Waals surface area contributed by atoms with E-state index in [4.69, 9.17) is 0 Å². The Morgan fingerprint density at radius 1 is 1.18 bits per heavy atom. The number of fused-ring (bicyclic) bond motifs is 1. The monoisotopic (exact) mass is 373 g/mol. The van der Waals surface area contributed by atoms with Crippen LogP contribution in [-0.4, -0.2) is 25.7 Å². The molecule has 0 fully saturated rings. The minimum absolute atomic E-state index is 0.120. The lowest BCUT2D eigenvalue weighted by Gasteiger charge is -2.13. The fourth-order valence-electron chi connectivity index (χ4n) is 3.82. The number of pyridine rings is 1. The molecule has 1 aromatic carbocycles. The quantitative estimate of drug-likeness (QED) is 0.741. The van der Waals surface area contributed by atoms with Crippen LogP contribution in [0.3, 0.4) is 0 Å². The largest absolute Gasteiger partial charge is 0.348 e. The Kier molecular flexibility index (Phi) is 4.77. The Hall–Kier alpha value is -3.28. The molecular formula is C22H23N5O. The Morgan fingerprint density at radius 3 is 2.71 bits per heavy atom. The Morgan fingerprint density at radius 2 is 1.96 bits per heavy atom. The molecule has 0 atom stereocenters. The first-order valence-corrected chi connectivity index (χ1v) is 9.47. The molecule has 0 unspecified atom stereocenters. The molecular weight excluding hydrogens is 350 g/mol. The highest BCUT2D eigenvalue weighted by atomic mass is 16.1. The zero-order valence-electron chi connectivity index (χ0n) is 16.4. The Bertz CT molecular complexity index is 1070. The third-order valence-electron chi connectivity index (χ3n) is 5.37. The first-order valence-electron chi connectivity index (χ1n) is 9.47. The van der Waals surface area contributed by atoms with Crippen molar-refractivity contribution in [3.8, 4) is 5.82 Å². The Balaban J connectivity index is 1.53. The van der Waals surface area contributed by atoms with E-state index in [1.54, 1.807) is 35.6 Å². The topological polar surface area (TPSA) is 72.7 Å². The van der Waals surface area contributed by atoms with Gasteiger partial charge in [0.1, 0.15) is 18.5 Å². The molecule has 0 saturated carbocycles. The maximum atomic E-state index is 12.7. The summed E-state index contributed by atoms with van der Waals surface area (Å²) in [6, 6.07) is 7.89. The average molecular weight is 373 g/mol. The van der Waals surface area contributed by atoms with Crippen molar-refractivity contribution in [2.75, 3.05) is 0 Å². The third-order valence-corrected chi connectivity index (χ3v) is 5.37. The van der Waals surface area contributed by atoms with E-state index in [1.165, 1.54) is 33.4 Å². The summed E-state index contributed by atoms with van der Waals surface area (Å²) in [6.07, 6.45) is 6.78. The number of aryl methyl sites for hydroxylation is 1. The Labute approximate surface area is 164 Å². The van der Waals surface area contributed by atoms with Gasteiger partial charge in [0, 0.05) is 18.3 Å². The minimum Gasteiger partial charge on any atom is -0.348 e. The van der Waals surface area contributed by atoms with Crippen LogP contribution in [-0.2, 0) is 13.0 Å². The van der Waals surface area contributed by atoms with Crippen LogP contribution in [0.1, 0.15) is 52.9 Å². The highest BCUT2D eigenvalue weighted by Gasteiger charge is 2.21. The first-order chi connectivity index (χ1) is 13.6. The normalized spacial score (nSPS) is 13.0. The number of rotatable bonds is 5. The molecule has 2 aromatic heterocycles. The van der Waals surface area contributed by atoms with Gasteiger partial charge in [-0.3, -0.25) is 9.36 Å². The number of benzene rings is 1. The molecule has 6 heteroatoms. The molecule has 0 saturated heterocycles. The second kappa shape index (κ2) is 7.38. The van der Waals surface area contributed by atoms with Crippen molar-refractivity contribution in [1.29, 1.82) is 0 Å². The number of allylic oxidation sites excluding steroid dienone is 2. The van der Waals surface area contributed by atoms with E-state index in [-0.39, 0.29) is 5.91 Å². The summed E-state index contributed by atoms with van der Waals surface area (Å²) >= 11 is 0. The summed E-state index contributed by atoms with van der Waals surface area (Å²) in [4.78, 5) is 17.0. The second-order valence-corrected chi connectivity index (χ2v) is 7.16. The van der Waals surface area contributed by atoms with Gasteiger partial charge in [-0.1, -0.05) is 30.2 Å². The van der Waals surface area contributed by atoms with Gasteiger partial charge in [-0.25, -0.2) is 4.98 Å². The number of amides is 1. The molecule has 3 aromatic rings. The van der Waals surface area contributed by atoms with Gasteiger partial charge in [-0.05, 0) is 61.1 Å². The average Bonchev–Trinajstić information content (AvgIpc) is 3.35. The lowest BCUT2D eigenvalue weighted by Crippen LogP contribution is -2.24. The summed E-state index contributed by atoms with van der Waals surface area (Å²) in [5, 5.41) is 10.6. The molecule has 1 aliphatic carbocycles. The van der Waals surface area contributed by atoms with Crippen molar-refractivity contribution in [3.05, 3.63) is 76.5 Å². The van der Waals surface area contributed by atoms with Gasteiger partial charge in [0.2, 0.25) is 0 Å². The molecule has 0 bridgehead atoms. The third kappa shape index (κ3) is 3.33. The van der Waals surface area contributed by atoms with Gasteiger partial charge in [0.15, 0.2) is 0 Å². The van der Waals surface area contributed by atoms with E-state index in [0.717, 1.165) is 12.8 Å². The molecule has 28 heavy (non-hydrogen) atoms. The fraction of sp³-hybridized carbons (Fsp3) is 0.273. The number of nitrogens with zero attached hydrogens (tertiary/aromatic N) is 4. The first kappa shape index (κ1) is 18.1. The van der Waals surface area contributed by atoms with E-state index in [9.17, 15) is 4.79 Å². The molecule has 0 spiro atoms. The molecule has 2 heterocycles. The van der Waals surface area contributed by atoms with Crippen LogP contribution in [0, 0.1) is 6.92 Å². The number of carbonyl (C=O) groups is 1. The zero-order chi connectivity index (χ0) is 19.7. The number of aromatic nitrogens is 4. The van der Waals surface area contributed by atoms with Gasteiger partial charge in [-0.2, -0.15) is 0 Å². The van der Waals surface area contributed by atoms with Gasteiger partial charge < -0.3 is 5.32 Å². The van der Waals surface area contributed by atoms with Crippen LogP contribution in [0.4, 0.5) is 0 Å². The van der Waals surface area contributed by atoms with Gasteiger partial charge in [0.25, 0.3) is 5.91 Å². The standard InChI is InChI=1S/C22H23N5O/c1-4-16-9-20-18(7-14(2)8-19(20)15(16)3)11-24-22(28)17-5-6-23-21(10-17)27-12-25-26-13-27/h5-8,10,12-13H,4,9,11H2,1-3H3,(H,24,28). The molecule has 6 nitrogen and oxygen atoms in total. The highest BCUT2D eigenvalue weighted by Crippen LogP contribution is 2.36. The maximum absolute atomic E-state index is 12.7. The SMILES string of the molecule is CCC1=C(C)c2cc(C)cc(CNC(=O)c3ccnc(-n4cnnc4)c3)c2C1. The summed E-state index contributed by atoms with van der Waals surface area (Å²) in [6.45, 7) is 7.03. The van der Waals surface area contributed by atoms with Crippen molar-refractivity contribution < 1.29 is 4.79 Å². The lowest BCUT2D eigenvalue weighted by molar-refractivity contribution is 0.0950. The van der Waals surface area contributed by atoms with Crippen molar-refractivity contribution in [3.63, 3.8) is 0 Å². The van der Waals surface area contributed by atoms with Crippen molar-refractivity contribution in [2.45, 2.75) is 40.2 Å². The van der Waals surface area contributed by atoms with Crippen LogP contribution < -0.4 is 5.32 Å². The van der Waals surface area contributed by atoms with E-state index in [2.05, 4.69) is 53.4 Å². The zero-order valence-corrected chi connectivity index (χ0v) is 16.4. The maximum Gasteiger partial charge on any atom is 0.251 e. The molecule has 1 amide bonds. The highest BCUT2D eigenvalue weighted by molar-refractivity contribution is 5.94. The summed E-state index contributed by atoms with van der Waals surface area (Å²) < 4.78 is 1.67. The van der Waals surface area contributed by atoms with E-state index in [0.29, 0.717) is 17.9 Å². The summed E-state index contributed by atoms with van der Waals surface area (Å²) in [5.74, 6) is 0.492. The number of nitrogens with one attached hydrogen (secondary N) is 1. The number of hydrogen-bond donors (Lipinski definition) is 1. The van der Waals surface area contributed by atoms with Crippen LogP contribution in [0.25, 0.3) is 11.4 Å². The van der Waals surface area contributed by atoms with E-state index in [1.807, 2.05) is 0 Å². The van der Waals surface area contributed by atoms with Crippen molar-refractivity contribution in [2.24, 2.45) is 0 Å². The second-order valence-electron chi connectivity index (χ2n) is 7.16. The van der Waals surface area contributed by atoms with E-state index < -0.39 is 0 Å². The molecule has 0 aliphatic heterocycles. The van der Waals surface area contributed by atoms with Crippen molar-refractivity contribution in [1.82, 2.24) is 25.1 Å². The summed E-state index contributed by atoms with van der Waals surface area (Å²) in [7, 11) is 0. The van der Waals surface area contributed by atoms with Crippen LogP contribution in [0.5, 0.6) is 0 Å². The molecule has 1 aliphatic rings. The smallest absolute Gasteiger partial charge is 0.251 e. The fourth-order valence-corrected chi connectivity index (χ4v) is 3.82. The van der Waals surface area contributed by atoms with Crippen LogP contribution >= 0.6 is 0 Å². The number of carbonyl (C=O) groups excluding carboxylic acids is 1. The molecule has 4 rings (SSSR count). The van der Waals surface area contributed by atoms with Crippen LogP contribution in [0.2, 0.25) is 0 Å². The lowest BCUT2D eigenvalue weighted by atomic mass is 9.97. The predicted octanol–water partition coefficient (Wildman–Crippen LogP) is 3.64. The van der Waals surface area contributed by atoms with E-state index >= 15 is 0 Å².